The predicted octanol–water partition coefficient (Wildman–Crippen LogP) is 7.28. The molecule has 1 aromatic rings. The number of piperidine rings is 2. The van der Waals surface area contributed by atoms with E-state index in [-0.39, 0.29) is 5.91 Å². The highest BCUT2D eigenvalue weighted by Crippen LogP contribution is 2.36. The summed E-state index contributed by atoms with van der Waals surface area (Å²) in [4.78, 5) is 18.0. The van der Waals surface area contributed by atoms with Gasteiger partial charge in [0.05, 0.1) is 6.26 Å². The zero-order valence-corrected chi connectivity index (χ0v) is 22.7. The van der Waals surface area contributed by atoms with Gasteiger partial charge >= 0.3 is 0 Å². The molecule has 0 aromatic heterocycles. The van der Waals surface area contributed by atoms with Crippen molar-refractivity contribution in [2.45, 2.75) is 82.7 Å². The van der Waals surface area contributed by atoms with E-state index in [9.17, 15) is 4.79 Å². The van der Waals surface area contributed by atoms with E-state index in [2.05, 4.69) is 45.4 Å². The predicted molar refractivity (Wildman–Crippen MR) is 154 cm³/mol. The zero-order valence-electron chi connectivity index (χ0n) is 22.7. The molecule has 5 nitrogen and oxygen atoms in total. The van der Waals surface area contributed by atoms with Crippen molar-refractivity contribution >= 4 is 11.6 Å². The molecule has 6 rings (SSSR count). The number of hydrogen-bond donors (Lipinski definition) is 1. The smallest absolute Gasteiger partial charge is 0.251 e. The van der Waals surface area contributed by atoms with E-state index in [0.717, 1.165) is 49.7 Å². The van der Waals surface area contributed by atoms with Crippen molar-refractivity contribution < 1.29 is 9.21 Å². The van der Waals surface area contributed by atoms with Crippen LogP contribution in [-0.4, -0.2) is 43.0 Å². The SMILES string of the molecule is O=C(NC1CCC(CCN2CCCCC2c2coc3cccc-3c2)CC1)c1ccc(N2CCCCC2)cc1. The Morgan fingerprint density at radius 3 is 2.47 bits per heavy atom. The zero-order chi connectivity index (χ0) is 25.7. The summed E-state index contributed by atoms with van der Waals surface area (Å²) >= 11 is 0. The maximum atomic E-state index is 12.9. The van der Waals surface area contributed by atoms with Crippen LogP contribution < -0.4 is 10.2 Å². The van der Waals surface area contributed by atoms with Crippen LogP contribution in [0.5, 0.6) is 0 Å². The third-order valence-electron chi connectivity index (χ3n) is 9.31. The van der Waals surface area contributed by atoms with Crippen LogP contribution in [0.25, 0.3) is 11.3 Å². The summed E-state index contributed by atoms with van der Waals surface area (Å²) in [5.74, 6) is 1.83. The van der Waals surface area contributed by atoms with E-state index in [4.69, 9.17) is 4.42 Å². The van der Waals surface area contributed by atoms with Crippen LogP contribution in [0.2, 0.25) is 0 Å². The molecule has 2 aliphatic carbocycles. The topological polar surface area (TPSA) is 48.7 Å². The van der Waals surface area contributed by atoms with Crippen molar-refractivity contribution in [3.8, 4) is 11.3 Å². The molecule has 5 heteroatoms. The molecule has 1 N–H and O–H groups in total. The molecule has 38 heavy (non-hydrogen) atoms. The Hall–Kier alpha value is -2.79. The molecule has 0 radical (unpaired) electrons. The van der Waals surface area contributed by atoms with Gasteiger partial charge in [-0.15, -0.1) is 0 Å². The van der Waals surface area contributed by atoms with Gasteiger partial charge in [0.25, 0.3) is 5.91 Å². The van der Waals surface area contributed by atoms with E-state index < -0.39 is 0 Å². The fourth-order valence-corrected chi connectivity index (χ4v) is 6.99. The first-order valence-corrected chi connectivity index (χ1v) is 15.1. The first-order chi connectivity index (χ1) is 18.7. The Labute approximate surface area is 227 Å². The number of hydrogen-bond acceptors (Lipinski definition) is 4. The van der Waals surface area contributed by atoms with Crippen LogP contribution >= 0.6 is 0 Å². The minimum Gasteiger partial charge on any atom is -0.464 e. The van der Waals surface area contributed by atoms with Gasteiger partial charge in [-0.05, 0) is 120 Å². The highest BCUT2D eigenvalue weighted by atomic mass is 16.3. The molecule has 202 valence electrons. The minimum absolute atomic E-state index is 0.0852. The largest absolute Gasteiger partial charge is 0.464 e. The summed E-state index contributed by atoms with van der Waals surface area (Å²) in [5, 5.41) is 3.33. The molecular weight excluding hydrogens is 470 g/mol. The first-order valence-electron chi connectivity index (χ1n) is 15.1. The molecule has 1 aromatic carbocycles. The number of benzene rings is 1. The van der Waals surface area contributed by atoms with Crippen molar-refractivity contribution in [2.24, 2.45) is 5.92 Å². The maximum Gasteiger partial charge on any atom is 0.251 e. The fraction of sp³-hybridized carbons (Fsp3) is 0.545. The normalized spacial score (nSPS) is 24.9. The van der Waals surface area contributed by atoms with Gasteiger partial charge in [-0.3, -0.25) is 9.69 Å². The average Bonchev–Trinajstić information content (AvgIpc) is 3.46. The summed E-state index contributed by atoms with van der Waals surface area (Å²) in [6.07, 6.45) is 15.5. The molecular formula is C33H43N3O2. The number of carbonyl (C=O) groups is 1. The van der Waals surface area contributed by atoms with Gasteiger partial charge in [-0.1, -0.05) is 18.6 Å². The number of fused-ring (bicyclic) bond motifs is 1. The van der Waals surface area contributed by atoms with Gasteiger partial charge < -0.3 is 14.6 Å². The lowest BCUT2D eigenvalue weighted by Crippen LogP contribution is -2.39. The van der Waals surface area contributed by atoms with Crippen molar-refractivity contribution in [2.75, 3.05) is 31.1 Å². The Kier molecular flexibility index (Phi) is 8.01. The van der Waals surface area contributed by atoms with Gasteiger partial charge in [-0.25, -0.2) is 0 Å². The number of nitrogens with one attached hydrogen (secondary N) is 1. The average molecular weight is 514 g/mol. The Balaban J connectivity index is 0.965. The number of anilines is 1. The van der Waals surface area contributed by atoms with Crippen molar-refractivity contribution in [1.29, 1.82) is 0 Å². The molecule has 2 saturated heterocycles. The lowest BCUT2D eigenvalue weighted by molar-refractivity contribution is 0.0915. The summed E-state index contributed by atoms with van der Waals surface area (Å²) in [6, 6.07) is 17.6. The van der Waals surface area contributed by atoms with Crippen LogP contribution in [0.4, 0.5) is 5.69 Å². The van der Waals surface area contributed by atoms with Gasteiger partial charge in [0, 0.05) is 47.6 Å². The molecule has 1 saturated carbocycles. The Bertz CT molecular complexity index is 1140. The second-order valence-electron chi connectivity index (χ2n) is 11.8. The third-order valence-corrected chi connectivity index (χ3v) is 9.31. The molecule has 3 aliphatic heterocycles. The van der Waals surface area contributed by atoms with E-state index in [1.807, 2.05) is 24.5 Å². The van der Waals surface area contributed by atoms with Gasteiger partial charge in [0.1, 0.15) is 5.76 Å². The highest BCUT2D eigenvalue weighted by molar-refractivity contribution is 5.94. The van der Waals surface area contributed by atoms with Crippen molar-refractivity contribution in [3.63, 3.8) is 0 Å². The van der Waals surface area contributed by atoms with E-state index in [1.165, 1.54) is 81.1 Å². The van der Waals surface area contributed by atoms with E-state index in [0.29, 0.717) is 12.1 Å². The van der Waals surface area contributed by atoms with Crippen molar-refractivity contribution in [1.82, 2.24) is 10.2 Å². The monoisotopic (exact) mass is 513 g/mol. The summed E-state index contributed by atoms with van der Waals surface area (Å²) < 4.78 is 5.92. The van der Waals surface area contributed by atoms with E-state index in [1.54, 1.807) is 0 Å². The third kappa shape index (κ3) is 5.93. The van der Waals surface area contributed by atoms with Crippen LogP contribution in [0, 0.1) is 5.92 Å². The number of carbonyl (C=O) groups excluding carboxylic acids is 1. The maximum absolute atomic E-state index is 12.9. The highest BCUT2D eigenvalue weighted by Gasteiger charge is 2.28. The van der Waals surface area contributed by atoms with Gasteiger partial charge in [-0.2, -0.15) is 0 Å². The molecule has 1 atom stereocenters. The molecule has 3 heterocycles. The molecule has 1 unspecified atom stereocenters. The molecule has 1 amide bonds. The van der Waals surface area contributed by atoms with Crippen LogP contribution in [0.15, 0.2) is 59.2 Å². The molecule has 0 bridgehead atoms. The number of nitrogens with zero attached hydrogens (tertiary/aromatic N) is 2. The Morgan fingerprint density at radius 1 is 0.868 bits per heavy atom. The number of amides is 1. The summed E-state index contributed by atoms with van der Waals surface area (Å²) in [6.45, 7) is 4.61. The van der Waals surface area contributed by atoms with Gasteiger partial charge in [0.15, 0.2) is 0 Å². The molecule has 0 spiro atoms. The fourth-order valence-electron chi connectivity index (χ4n) is 6.99. The lowest BCUT2D eigenvalue weighted by atomic mass is 9.83. The summed E-state index contributed by atoms with van der Waals surface area (Å²) in [7, 11) is 0. The number of rotatable bonds is 7. The standard InChI is InChI=1S/C33H43N3O2/c37-33(26-12-16-30(17-13-26)35-19-3-1-4-20-35)34-29-14-10-25(11-15-29)18-22-36-21-5-2-8-31(36)28-23-27-7-6-9-32(27)38-24-28/h6-7,9,12-13,16-17,23-25,29,31H,1-5,8,10-11,14-15,18-22H2,(H,34,37). The first kappa shape index (κ1) is 25.5. The quantitative estimate of drug-likeness (QED) is 0.361. The second-order valence-corrected chi connectivity index (χ2v) is 11.8. The minimum atomic E-state index is 0.0852. The lowest BCUT2D eigenvalue weighted by Gasteiger charge is -2.37. The summed E-state index contributed by atoms with van der Waals surface area (Å²) in [5.41, 5.74) is 4.58. The molecule has 5 aliphatic rings. The number of likely N-dealkylation sites (tertiary alicyclic amines) is 1. The van der Waals surface area contributed by atoms with Crippen LogP contribution in [0.3, 0.4) is 0 Å². The van der Waals surface area contributed by atoms with Gasteiger partial charge in [0.2, 0.25) is 0 Å². The second kappa shape index (κ2) is 11.9. The van der Waals surface area contributed by atoms with Crippen LogP contribution in [0.1, 0.15) is 92.6 Å². The molecule has 3 fully saturated rings. The van der Waals surface area contributed by atoms with Crippen molar-refractivity contribution in [3.05, 3.63) is 65.9 Å². The Morgan fingerprint density at radius 2 is 1.66 bits per heavy atom. The van der Waals surface area contributed by atoms with Crippen LogP contribution in [-0.2, 0) is 0 Å². The van der Waals surface area contributed by atoms with E-state index >= 15 is 0 Å².